The van der Waals surface area contributed by atoms with Crippen molar-refractivity contribution in [2.75, 3.05) is 38.0 Å². The highest BCUT2D eigenvalue weighted by Gasteiger charge is 2.29. The molecule has 2 aromatic carbocycles. The molecule has 0 fully saturated rings. The van der Waals surface area contributed by atoms with Crippen LogP contribution in [0.4, 0.5) is 11.9 Å². The van der Waals surface area contributed by atoms with Crippen LogP contribution in [0, 0.1) is 0 Å². The number of hydrogen-bond acceptors (Lipinski definition) is 10. The van der Waals surface area contributed by atoms with Crippen LogP contribution in [0.1, 0.15) is 34.8 Å². The standard InChI is InChI=1S/C26H27N7O4/c1-7-33-19-11-9-8-10-17(19)18-14-16(12-13-20(18)33)22(35)21(30-37-15(2)34)23(36)24-27-25(31(3)4)29-26(28-24)32(5)6/h8-14H,7H2,1-6H3. The first-order valence-electron chi connectivity index (χ1n) is 11.6. The molecule has 0 bridgehead atoms. The molecule has 0 aliphatic heterocycles. The highest BCUT2D eigenvalue weighted by molar-refractivity contribution is 6.71. The van der Waals surface area contributed by atoms with Crippen LogP contribution in [0.2, 0.25) is 0 Å². The third kappa shape index (κ3) is 4.88. The zero-order valence-electron chi connectivity index (χ0n) is 21.5. The van der Waals surface area contributed by atoms with Gasteiger partial charge in [-0.05, 0) is 31.2 Å². The Morgan fingerprint density at radius 3 is 2.08 bits per heavy atom. The molecular formula is C26H27N7O4. The predicted octanol–water partition coefficient (Wildman–Crippen LogP) is 3.12. The van der Waals surface area contributed by atoms with Gasteiger partial charge in [-0.25, -0.2) is 4.79 Å². The maximum Gasteiger partial charge on any atom is 0.332 e. The average Bonchev–Trinajstić information content (AvgIpc) is 3.20. The molecule has 11 nitrogen and oxygen atoms in total. The zero-order chi connectivity index (χ0) is 26.9. The summed E-state index contributed by atoms with van der Waals surface area (Å²) < 4.78 is 2.15. The van der Waals surface area contributed by atoms with Crippen LogP contribution < -0.4 is 9.80 Å². The van der Waals surface area contributed by atoms with E-state index in [0.717, 1.165) is 35.3 Å². The lowest BCUT2D eigenvalue weighted by Crippen LogP contribution is -2.29. The molecule has 2 aromatic heterocycles. The Bertz CT molecular complexity index is 1540. The fraction of sp³-hybridized carbons (Fsp3) is 0.269. The third-order valence-corrected chi connectivity index (χ3v) is 5.66. The second-order valence-electron chi connectivity index (χ2n) is 8.72. The molecule has 0 unspecified atom stereocenters. The minimum atomic E-state index is -0.893. The highest BCUT2D eigenvalue weighted by Crippen LogP contribution is 2.30. The molecule has 0 aliphatic rings. The summed E-state index contributed by atoms with van der Waals surface area (Å²) in [5, 5.41) is 5.45. The van der Waals surface area contributed by atoms with E-state index < -0.39 is 23.2 Å². The predicted molar refractivity (Wildman–Crippen MR) is 141 cm³/mol. The molecule has 0 saturated heterocycles. The summed E-state index contributed by atoms with van der Waals surface area (Å²) in [5.74, 6) is -2.26. The van der Waals surface area contributed by atoms with Crippen LogP contribution >= 0.6 is 0 Å². The third-order valence-electron chi connectivity index (χ3n) is 5.66. The zero-order valence-corrected chi connectivity index (χ0v) is 21.5. The van der Waals surface area contributed by atoms with Gasteiger partial charge in [0.15, 0.2) is 0 Å². The quantitative estimate of drug-likeness (QED) is 0.118. The number of ketones is 2. The molecule has 0 atom stereocenters. The lowest BCUT2D eigenvalue weighted by molar-refractivity contribution is -0.140. The van der Waals surface area contributed by atoms with E-state index in [9.17, 15) is 14.4 Å². The second kappa shape index (κ2) is 10.1. The van der Waals surface area contributed by atoms with Crippen LogP contribution in [0.15, 0.2) is 47.6 Å². The lowest BCUT2D eigenvalue weighted by atomic mass is 10.0. The Kier molecular flexibility index (Phi) is 6.96. The molecule has 0 radical (unpaired) electrons. The van der Waals surface area contributed by atoms with Gasteiger partial charge in [0.2, 0.25) is 29.2 Å². The van der Waals surface area contributed by atoms with Crippen molar-refractivity contribution in [1.29, 1.82) is 0 Å². The molecule has 2 heterocycles. The van der Waals surface area contributed by atoms with Gasteiger partial charge >= 0.3 is 5.97 Å². The van der Waals surface area contributed by atoms with Crippen molar-refractivity contribution < 1.29 is 19.2 Å². The molecule has 0 saturated carbocycles. The van der Waals surface area contributed by atoms with Gasteiger partial charge in [-0.3, -0.25) is 9.59 Å². The molecule has 4 rings (SSSR count). The van der Waals surface area contributed by atoms with E-state index in [2.05, 4.69) is 24.7 Å². The number of carbonyl (C=O) groups excluding carboxylic acids is 3. The van der Waals surface area contributed by atoms with Gasteiger partial charge in [0.25, 0.3) is 5.78 Å². The van der Waals surface area contributed by atoms with Gasteiger partial charge in [0.1, 0.15) is 0 Å². The van der Waals surface area contributed by atoms with Gasteiger partial charge in [-0.2, -0.15) is 15.0 Å². The van der Waals surface area contributed by atoms with Crippen molar-refractivity contribution in [2.45, 2.75) is 20.4 Å². The second-order valence-corrected chi connectivity index (χ2v) is 8.72. The lowest BCUT2D eigenvalue weighted by Gasteiger charge is -2.16. The maximum atomic E-state index is 13.6. The number of aromatic nitrogens is 4. The first-order chi connectivity index (χ1) is 17.6. The van der Waals surface area contributed by atoms with E-state index in [0.29, 0.717) is 0 Å². The number of para-hydroxylation sites is 1. The largest absolute Gasteiger partial charge is 0.347 e. The molecular weight excluding hydrogens is 474 g/mol. The van der Waals surface area contributed by atoms with Crippen LogP contribution in [-0.4, -0.2) is 71.0 Å². The summed E-state index contributed by atoms with van der Waals surface area (Å²) in [7, 11) is 6.85. The fourth-order valence-electron chi connectivity index (χ4n) is 3.93. The summed E-state index contributed by atoms with van der Waals surface area (Å²) in [6, 6.07) is 13.1. The van der Waals surface area contributed by atoms with E-state index >= 15 is 0 Å². The number of anilines is 2. The van der Waals surface area contributed by atoms with Crippen LogP contribution in [0.25, 0.3) is 21.8 Å². The van der Waals surface area contributed by atoms with Crippen molar-refractivity contribution >= 4 is 57.0 Å². The molecule has 0 N–H and O–H groups in total. The number of Topliss-reactive ketones (excluding diaryl/α,β-unsaturated/α-hetero) is 2. The summed E-state index contributed by atoms with van der Waals surface area (Å²) in [5.41, 5.74) is 1.58. The molecule has 4 aromatic rings. The van der Waals surface area contributed by atoms with Gasteiger partial charge < -0.3 is 19.2 Å². The number of fused-ring (bicyclic) bond motifs is 3. The normalized spacial score (nSPS) is 11.6. The molecule has 0 aliphatic carbocycles. The van der Waals surface area contributed by atoms with Gasteiger partial charge in [0, 0.05) is 69.0 Å². The first-order valence-corrected chi connectivity index (χ1v) is 11.6. The Balaban J connectivity index is 1.84. The molecule has 190 valence electrons. The molecule has 0 spiro atoms. The maximum absolute atomic E-state index is 13.6. The van der Waals surface area contributed by atoms with E-state index in [1.54, 1.807) is 50.1 Å². The molecule has 11 heteroatoms. The Morgan fingerprint density at radius 2 is 1.49 bits per heavy atom. The highest BCUT2D eigenvalue weighted by atomic mass is 16.7. The number of hydrogen-bond donors (Lipinski definition) is 0. The summed E-state index contributed by atoms with van der Waals surface area (Å²) in [6.07, 6.45) is 0. The SMILES string of the molecule is CCn1c2ccccc2c2cc(C(=O)C(=NOC(C)=O)C(=O)c3nc(N(C)C)nc(N(C)C)n3)ccc21. The Hall–Kier alpha value is -4.67. The van der Waals surface area contributed by atoms with Gasteiger partial charge in [0.05, 0.1) is 0 Å². The van der Waals surface area contributed by atoms with Crippen LogP contribution in [-0.2, 0) is 16.2 Å². The van der Waals surface area contributed by atoms with Crippen molar-refractivity contribution in [2.24, 2.45) is 5.16 Å². The number of nitrogens with zero attached hydrogens (tertiary/aromatic N) is 7. The average molecular weight is 502 g/mol. The van der Waals surface area contributed by atoms with Gasteiger partial charge in [-0.15, -0.1) is 0 Å². The van der Waals surface area contributed by atoms with Crippen LogP contribution in [0.3, 0.4) is 0 Å². The minimum Gasteiger partial charge on any atom is -0.347 e. The Labute approximate surface area is 213 Å². The number of benzene rings is 2. The number of rotatable bonds is 8. The first kappa shape index (κ1) is 25.4. The van der Waals surface area contributed by atoms with E-state index in [1.807, 2.05) is 37.3 Å². The van der Waals surface area contributed by atoms with Crippen molar-refractivity contribution in [1.82, 2.24) is 19.5 Å². The topological polar surface area (TPSA) is 123 Å². The number of aryl methyl sites for hydroxylation is 1. The summed E-state index contributed by atoms with van der Waals surface area (Å²) in [6.45, 7) is 3.92. The fourth-order valence-corrected chi connectivity index (χ4v) is 3.93. The van der Waals surface area contributed by atoms with Crippen molar-refractivity contribution in [3.05, 3.63) is 53.9 Å². The van der Waals surface area contributed by atoms with E-state index in [4.69, 9.17) is 4.84 Å². The van der Waals surface area contributed by atoms with Crippen LogP contribution in [0.5, 0.6) is 0 Å². The monoisotopic (exact) mass is 501 g/mol. The Morgan fingerprint density at radius 1 is 0.865 bits per heavy atom. The number of carbonyl (C=O) groups is 3. The van der Waals surface area contributed by atoms with Crippen molar-refractivity contribution in [3.63, 3.8) is 0 Å². The van der Waals surface area contributed by atoms with Crippen molar-refractivity contribution in [3.8, 4) is 0 Å². The van der Waals surface area contributed by atoms with E-state index in [1.165, 1.54) is 0 Å². The number of oxime groups is 1. The summed E-state index contributed by atoms with van der Waals surface area (Å²) >= 11 is 0. The van der Waals surface area contributed by atoms with E-state index in [-0.39, 0.29) is 23.3 Å². The summed E-state index contributed by atoms with van der Waals surface area (Å²) in [4.78, 5) is 59.3. The smallest absolute Gasteiger partial charge is 0.332 e. The molecule has 0 amide bonds. The minimum absolute atomic E-state index is 0.209. The van der Waals surface area contributed by atoms with Gasteiger partial charge in [-0.1, -0.05) is 23.4 Å². The molecule has 37 heavy (non-hydrogen) atoms.